The first kappa shape index (κ1) is 46.2. The number of rotatable bonds is 12. The van der Waals surface area contributed by atoms with Gasteiger partial charge in [-0.1, -0.05) is 12.1 Å². The Hall–Kier alpha value is -5.85. The number of anilines is 5. The maximum absolute atomic E-state index is 15.7. The SMILES string of the molecule is Nc1nnc(-c2ccccc2O)cc1N1CC2CCC(C1)N2c1ccc(F)c(N2CCC(CN3CCC4(CC3)CC(n3cc(C5CC5)c5cc(N6CCC(=O)N(COP(=O)(O)O)C6=O)cnc53)C4)CC2)c1. The highest BCUT2D eigenvalue weighted by Crippen LogP contribution is 2.56. The summed E-state index contributed by atoms with van der Waals surface area (Å²) in [6.07, 6.45) is 14.9. The molecule has 18 nitrogen and oxygen atoms in total. The number of phenolic OH excluding ortho intramolecular Hbond substituents is 1. The molecule has 3 aromatic heterocycles. The van der Waals surface area contributed by atoms with E-state index in [1.54, 1.807) is 24.4 Å². The van der Waals surface area contributed by atoms with E-state index in [1.807, 2.05) is 30.3 Å². The summed E-state index contributed by atoms with van der Waals surface area (Å²) in [6, 6.07) is 16.8. The first-order chi connectivity index (χ1) is 34.3. The van der Waals surface area contributed by atoms with Gasteiger partial charge in [0.25, 0.3) is 0 Å². The number of hydrogen-bond acceptors (Lipinski definition) is 13. The summed E-state index contributed by atoms with van der Waals surface area (Å²) in [5, 5.41) is 20.1. The van der Waals surface area contributed by atoms with Gasteiger partial charge >= 0.3 is 13.9 Å². The van der Waals surface area contributed by atoms with Gasteiger partial charge in [0.2, 0.25) is 5.91 Å². The first-order valence-electron chi connectivity index (χ1n) is 25.3. The number of piperazine rings is 1. The van der Waals surface area contributed by atoms with Crippen molar-refractivity contribution < 1.29 is 38.0 Å². The minimum Gasteiger partial charge on any atom is -0.507 e. The van der Waals surface area contributed by atoms with Crippen molar-refractivity contribution in [1.82, 2.24) is 29.5 Å². The Balaban J connectivity index is 0.640. The Morgan fingerprint density at radius 2 is 1.58 bits per heavy atom. The van der Waals surface area contributed by atoms with E-state index in [0.717, 1.165) is 124 Å². The number of halogens is 1. The summed E-state index contributed by atoms with van der Waals surface area (Å²) < 4.78 is 33.9. The molecular weight excluding hydrogens is 929 g/mol. The fourth-order valence-electron chi connectivity index (χ4n) is 12.8. The van der Waals surface area contributed by atoms with E-state index in [1.165, 1.54) is 23.3 Å². The molecular formula is C51H61FN11O7P. The lowest BCUT2D eigenvalue weighted by molar-refractivity contribution is -0.131. The van der Waals surface area contributed by atoms with Gasteiger partial charge in [-0.15, -0.1) is 10.2 Å². The molecule has 2 aliphatic carbocycles. The van der Waals surface area contributed by atoms with Crippen LogP contribution in [0.3, 0.4) is 0 Å². The van der Waals surface area contributed by atoms with Gasteiger partial charge < -0.3 is 44.8 Å². The number of benzene rings is 2. The van der Waals surface area contributed by atoms with E-state index >= 15 is 4.39 Å². The minimum atomic E-state index is -4.88. The van der Waals surface area contributed by atoms with Gasteiger partial charge in [-0.05, 0) is 143 Å². The number of hydrogen-bond donors (Lipinski definition) is 4. The largest absolute Gasteiger partial charge is 0.507 e. The molecule has 2 unspecified atom stereocenters. The zero-order chi connectivity index (χ0) is 48.8. The first-order valence-corrected chi connectivity index (χ1v) is 26.8. The van der Waals surface area contributed by atoms with Crippen molar-refractivity contribution >= 4 is 59.4 Å². The molecule has 12 rings (SSSR count). The normalized spacial score (nSPS) is 23.4. The molecule has 8 heterocycles. The molecule has 2 aromatic carbocycles. The number of phenols is 1. The number of likely N-dealkylation sites (tertiary alicyclic amines) is 1. The van der Waals surface area contributed by atoms with Crippen LogP contribution in [0, 0.1) is 17.2 Å². The number of aromatic nitrogens is 4. The number of carbonyl (C=O) groups excluding carboxylic acids is 2. The molecule has 3 amide bonds. The fourth-order valence-corrected chi connectivity index (χ4v) is 13.1. The number of imide groups is 1. The van der Waals surface area contributed by atoms with E-state index in [4.69, 9.17) is 20.5 Å². The number of para-hydroxylation sites is 1. The van der Waals surface area contributed by atoms with Crippen molar-refractivity contribution in [2.45, 2.75) is 94.7 Å². The van der Waals surface area contributed by atoms with E-state index in [-0.39, 0.29) is 36.6 Å². The molecule has 374 valence electrons. The number of nitrogen functional groups attached to an aromatic ring is 1. The third kappa shape index (κ3) is 8.87. The molecule has 5 N–H and O–H groups in total. The summed E-state index contributed by atoms with van der Waals surface area (Å²) in [5.41, 5.74) is 13.2. The average molecular weight is 990 g/mol. The number of phosphoric acid groups is 1. The highest BCUT2D eigenvalue weighted by molar-refractivity contribution is 7.46. The van der Waals surface area contributed by atoms with Gasteiger partial charge in [0.1, 0.15) is 23.9 Å². The number of aromatic hydroxyl groups is 1. The van der Waals surface area contributed by atoms with Gasteiger partial charge in [-0.2, -0.15) is 0 Å². The minimum absolute atomic E-state index is 0.000172. The average Bonchev–Trinajstić information content (AvgIpc) is 4.07. The number of carbonyl (C=O) groups is 2. The maximum Gasteiger partial charge on any atom is 0.471 e. The highest BCUT2D eigenvalue weighted by Gasteiger charge is 2.48. The topological polar surface area (TPSA) is 210 Å². The Morgan fingerprint density at radius 1 is 0.831 bits per heavy atom. The molecule has 2 bridgehead atoms. The van der Waals surface area contributed by atoms with Gasteiger partial charge in [0.15, 0.2) is 5.82 Å². The number of nitrogens with zero attached hydrogens (tertiary/aromatic N) is 10. The number of nitrogens with two attached hydrogens (primary N) is 1. The molecule has 71 heavy (non-hydrogen) atoms. The molecule has 5 aromatic rings. The summed E-state index contributed by atoms with van der Waals surface area (Å²) >= 11 is 0. The molecule has 7 aliphatic rings. The van der Waals surface area contributed by atoms with Gasteiger partial charge in [-0.3, -0.25) is 14.2 Å². The number of amides is 3. The van der Waals surface area contributed by atoms with Gasteiger partial charge in [0, 0.05) is 86.6 Å². The molecule has 7 fully saturated rings. The molecule has 0 radical (unpaired) electrons. The zero-order valence-electron chi connectivity index (χ0n) is 39.7. The number of pyridine rings is 1. The molecule has 5 saturated heterocycles. The standard InChI is InChI=1S/C51H61FN11O7P/c52-42-10-9-34(63-35-7-8-36(63)29-59(28-35)45-23-43(55-56-48(45)53)39-3-1-2-4-46(39)64)22-44(42)58-16-11-32(12-17-58)27-57-19-14-51(15-20-57)24-38(25-51)61-30-41(33-5-6-33)40-21-37(26-54-49(40)61)60-18-13-47(65)62(50(60)66)31-70-71(67,68)69/h1-4,9-10,21-23,26,30,32-33,35-36,38,64H,5-8,11-20,24-25,27-29,31H2,(H2,53,56)(H2,67,68,69). The van der Waals surface area contributed by atoms with E-state index < -0.39 is 26.5 Å². The molecule has 20 heteroatoms. The maximum atomic E-state index is 15.7. The predicted molar refractivity (Wildman–Crippen MR) is 267 cm³/mol. The lowest BCUT2D eigenvalue weighted by atomic mass is 9.60. The van der Waals surface area contributed by atoms with Crippen molar-refractivity contribution in [3.05, 3.63) is 78.4 Å². The second-order valence-electron chi connectivity index (χ2n) is 21.2. The summed E-state index contributed by atoms with van der Waals surface area (Å²) in [7, 11) is -4.88. The van der Waals surface area contributed by atoms with Crippen LogP contribution in [0.4, 0.5) is 37.8 Å². The van der Waals surface area contributed by atoms with Crippen LogP contribution in [0.2, 0.25) is 0 Å². The van der Waals surface area contributed by atoms with Crippen LogP contribution in [0.25, 0.3) is 22.3 Å². The Morgan fingerprint density at radius 3 is 2.30 bits per heavy atom. The van der Waals surface area contributed by atoms with Crippen molar-refractivity contribution in [2.24, 2.45) is 11.3 Å². The second-order valence-corrected chi connectivity index (χ2v) is 22.5. The fraction of sp³-hybridized carbons (Fsp3) is 0.510. The van der Waals surface area contributed by atoms with E-state index in [2.05, 4.69) is 51.2 Å². The van der Waals surface area contributed by atoms with Gasteiger partial charge in [0.05, 0.1) is 29.0 Å². The molecule has 2 saturated carbocycles. The van der Waals surface area contributed by atoms with Crippen LogP contribution in [-0.2, 0) is 13.9 Å². The third-order valence-electron chi connectivity index (χ3n) is 16.8. The van der Waals surface area contributed by atoms with Crippen molar-refractivity contribution in [1.29, 1.82) is 0 Å². The Labute approximate surface area is 411 Å². The highest BCUT2D eigenvalue weighted by atomic mass is 31.2. The van der Waals surface area contributed by atoms with E-state index in [0.29, 0.717) is 51.7 Å². The number of piperidine rings is 2. The number of fused-ring (bicyclic) bond motifs is 3. The Bertz CT molecular complexity index is 2910. The van der Waals surface area contributed by atoms with Gasteiger partial charge in [-0.25, -0.2) is 23.6 Å². The van der Waals surface area contributed by atoms with Crippen LogP contribution in [-0.4, -0.2) is 128 Å². The monoisotopic (exact) mass is 989 g/mol. The van der Waals surface area contributed by atoms with Crippen LogP contribution < -0.4 is 25.3 Å². The van der Waals surface area contributed by atoms with Crippen molar-refractivity contribution in [3.8, 4) is 17.0 Å². The molecule has 1 spiro atoms. The predicted octanol–water partition coefficient (Wildman–Crippen LogP) is 7.21. The Kier molecular flexibility index (Phi) is 11.7. The summed E-state index contributed by atoms with van der Waals surface area (Å²) in [4.78, 5) is 61.0. The quantitative estimate of drug-likeness (QED) is 0.0910. The van der Waals surface area contributed by atoms with Crippen LogP contribution in [0.1, 0.15) is 88.2 Å². The molecule has 5 aliphatic heterocycles. The van der Waals surface area contributed by atoms with Crippen molar-refractivity contribution in [3.63, 3.8) is 0 Å². The zero-order valence-corrected chi connectivity index (χ0v) is 40.6. The van der Waals surface area contributed by atoms with Crippen LogP contribution in [0.15, 0.2) is 67.0 Å². The number of phosphoric ester groups is 1. The summed E-state index contributed by atoms with van der Waals surface area (Å²) in [5.74, 6) is 0.821. The smallest absolute Gasteiger partial charge is 0.471 e. The van der Waals surface area contributed by atoms with E-state index in [9.17, 15) is 19.3 Å². The van der Waals surface area contributed by atoms with Crippen LogP contribution >= 0.6 is 7.82 Å². The third-order valence-corrected chi connectivity index (χ3v) is 17.3. The lowest BCUT2D eigenvalue weighted by Crippen LogP contribution is -2.54. The number of urea groups is 1. The lowest BCUT2D eigenvalue weighted by Gasteiger charge is -2.53. The second kappa shape index (κ2) is 18.0. The van der Waals surface area contributed by atoms with Crippen LogP contribution in [0.5, 0.6) is 5.75 Å². The van der Waals surface area contributed by atoms with Crippen molar-refractivity contribution in [2.75, 3.05) is 84.4 Å². The molecule has 2 atom stereocenters. The summed E-state index contributed by atoms with van der Waals surface area (Å²) in [6.45, 7) is 5.77.